The first kappa shape index (κ1) is 16.0. The number of nitrogens with zero attached hydrogens (tertiary/aromatic N) is 3. The van der Waals surface area contributed by atoms with Gasteiger partial charge in [-0.05, 0) is 57.0 Å². The summed E-state index contributed by atoms with van der Waals surface area (Å²) in [5.74, 6) is 1.72. The van der Waals surface area contributed by atoms with Gasteiger partial charge in [-0.1, -0.05) is 24.6 Å². The Kier molecular flexibility index (Phi) is 4.27. The standard InChI is InChI=1S/C19H25ClN4/c1-3-23-11-5-6-14(12-23)18-15-9-10-21-19(15)24(22-18)17-8-4-7-16(20)13(17)2/h4,7-8,14,21H,3,5-6,9-12H2,1-2H3. The molecule has 0 saturated carbocycles. The molecule has 1 saturated heterocycles. The third-order valence-corrected chi connectivity index (χ3v) is 5.90. The number of likely N-dealkylation sites (N-methyl/N-ethyl adjacent to an activating group) is 1. The van der Waals surface area contributed by atoms with Crippen LogP contribution in [0.4, 0.5) is 5.82 Å². The average Bonchev–Trinajstić information content (AvgIpc) is 3.20. The van der Waals surface area contributed by atoms with E-state index in [9.17, 15) is 0 Å². The number of nitrogens with one attached hydrogen (secondary N) is 1. The molecule has 0 spiro atoms. The SMILES string of the molecule is CCN1CCCC(c2nn(-c3cccc(Cl)c3C)c3c2CCN3)C1. The molecule has 1 atom stereocenters. The Morgan fingerprint density at radius 1 is 1.38 bits per heavy atom. The molecule has 0 radical (unpaired) electrons. The zero-order valence-electron chi connectivity index (χ0n) is 14.5. The molecule has 1 N–H and O–H groups in total. The molecule has 1 fully saturated rings. The van der Waals surface area contributed by atoms with Crippen LogP contribution in [-0.2, 0) is 6.42 Å². The zero-order chi connectivity index (χ0) is 16.7. The van der Waals surface area contributed by atoms with Gasteiger partial charge >= 0.3 is 0 Å². The van der Waals surface area contributed by atoms with E-state index in [0.717, 1.165) is 42.3 Å². The second-order valence-electron chi connectivity index (χ2n) is 6.92. The minimum atomic E-state index is 0.549. The van der Waals surface area contributed by atoms with Crippen molar-refractivity contribution in [3.05, 3.63) is 40.0 Å². The number of rotatable bonds is 3. The maximum Gasteiger partial charge on any atom is 0.133 e. The minimum Gasteiger partial charge on any atom is -0.369 e. The van der Waals surface area contributed by atoms with Crippen LogP contribution in [0.1, 0.15) is 42.5 Å². The lowest BCUT2D eigenvalue weighted by Crippen LogP contribution is -2.34. The first-order chi connectivity index (χ1) is 11.7. The molecule has 0 bridgehead atoms. The van der Waals surface area contributed by atoms with Gasteiger partial charge in [-0.3, -0.25) is 0 Å². The number of fused-ring (bicyclic) bond motifs is 1. The fourth-order valence-electron chi connectivity index (χ4n) is 4.10. The highest BCUT2D eigenvalue weighted by molar-refractivity contribution is 6.31. The van der Waals surface area contributed by atoms with Crippen LogP contribution in [0.15, 0.2) is 18.2 Å². The van der Waals surface area contributed by atoms with Gasteiger partial charge in [0.25, 0.3) is 0 Å². The van der Waals surface area contributed by atoms with Crippen molar-refractivity contribution in [1.82, 2.24) is 14.7 Å². The van der Waals surface area contributed by atoms with E-state index in [-0.39, 0.29) is 0 Å². The number of halogens is 1. The third-order valence-electron chi connectivity index (χ3n) is 5.49. The molecule has 2 aromatic rings. The summed E-state index contributed by atoms with van der Waals surface area (Å²) in [6.07, 6.45) is 3.59. The second-order valence-corrected chi connectivity index (χ2v) is 7.32. The van der Waals surface area contributed by atoms with Gasteiger partial charge in [0.15, 0.2) is 0 Å². The van der Waals surface area contributed by atoms with Crippen LogP contribution < -0.4 is 5.32 Å². The van der Waals surface area contributed by atoms with Crippen molar-refractivity contribution in [2.45, 2.75) is 39.0 Å². The number of anilines is 1. The molecule has 4 rings (SSSR count). The summed E-state index contributed by atoms with van der Waals surface area (Å²) in [4.78, 5) is 2.55. The van der Waals surface area contributed by atoms with Crippen molar-refractivity contribution in [3.8, 4) is 5.69 Å². The predicted octanol–water partition coefficient (Wildman–Crippen LogP) is 4.00. The number of benzene rings is 1. The van der Waals surface area contributed by atoms with Gasteiger partial charge in [0.1, 0.15) is 5.82 Å². The van der Waals surface area contributed by atoms with Gasteiger partial charge in [-0.2, -0.15) is 5.10 Å². The summed E-state index contributed by atoms with van der Waals surface area (Å²) < 4.78 is 2.09. The van der Waals surface area contributed by atoms with Gasteiger partial charge in [0, 0.05) is 29.6 Å². The Balaban J connectivity index is 1.77. The normalized spacial score (nSPS) is 20.9. The van der Waals surface area contributed by atoms with Crippen molar-refractivity contribution in [3.63, 3.8) is 0 Å². The number of aromatic nitrogens is 2. The van der Waals surface area contributed by atoms with E-state index in [2.05, 4.69) is 34.8 Å². The Morgan fingerprint density at radius 2 is 2.25 bits per heavy atom. The highest BCUT2D eigenvalue weighted by atomic mass is 35.5. The van der Waals surface area contributed by atoms with Crippen molar-refractivity contribution in [2.24, 2.45) is 0 Å². The van der Waals surface area contributed by atoms with E-state index in [0.29, 0.717) is 5.92 Å². The Hall–Kier alpha value is -1.52. The smallest absolute Gasteiger partial charge is 0.133 e. The summed E-state index contributed by atoms with van der Waals surface area (Å²) in [5, 5.41) is 9.40. The van der Waals surface area contributed by atoms with Gasteiger partial charge < -0.3 is 10.2 Å². The van der Waals surface area contributed by atoms with Crippen molar-refractivity contribution in [2.75, 3.05) is 31.5 Å². The molecule has 5 heteroatoms. The first-order valence-corrected chi connectivity index (χ1v) is 9.40. The van der Waals surface area contributed by atoms with Crippen molar-refractivity contribution >= 4 is 17.4 Å². The molecule has 3 heterocycles. The van der Waals surface area contributed by atoms with Crippen LogP contribution in [0.25, 0.3) is 5.69 Å². The van der Waals surface area contributed by atoms with Gasteiger partial charge in [-0.25, -0.2) is 4.68 Å². The summed E-state index contributed by atoms with van der Waals surface area (Å²) in [6, 6.07) is 6.06. The fraction of sp³-hybridized carbons (Fsp3) is 0.526. The fourth-order valence-corrected chi connectivity index (χ4v) is 4.26. The summed E-state index contributed by atoms with van der Waals surface area (Å²) in [7, 11) is 0. The predicted molar refractivity (Wildman–Crippen MR) is 99.6 cm³/mol. The van der Waals surface area contributed by atoms with Crippen LogP contribution in [0.5, 0.6) is 0 Å². The van der Waals surface area contributed by atoms with Gasteiger partial charge in [-0.15, -0.1) is 0 Å². The number of hydrogen-bond acceptors (Lipinski definition) is 3. The van der Waals surface area contributed by atoms with Crippen LogP contribution in [0.2, 0.25) is 5.02 Å². The lowest BCUT2D eigenvalue weighted by Gasteiger charge is -2.31. The molecule has 1 unspecified atom stereocenters. The number of likely N-dealkylation sites (tertiary alicyclic amines) is 1. The molecule has 4 nitrogen and oxygen atoms in total. The van der Waals surface area contributed by atoms with E-state index < -0.39 is 0 Å². The summed E-state index contributed by atoms with van der Waals surface area (Å²) >= 11 is 6.34. The molecule has 1 aromatic heterocycles. The van der Waals surface area contributed by atoms with E-state index in [4.69, 9.17) is 16.7 Å². The highest BCUT2D eigenvalue weighted by Gasteiger charge is 2.30. The van der Waals surface area contributed by atoms with E-state index in [1.807, 2.05) is 12.1 Å². The summed E-state index contributed by atoms with van der Waals surface area (Å²) in [6.45, 7) is 8.81. The van der Waals surface area contributed by atoms with Crippen LogP contribution in [-0.4, -0.2) is 40.9 Å². The minimum absolute atomic E-state index is 0.549. The van der Waals surface area contributed by atoms with Gasteiger partial charge in [0.2, 0.25) is 0 Å². The van der Waals surface area contributed by atoms with Gasteiger partial charge in [0.05, 0.1) is 11.4 Å². The molecule has 0 aliphatic carbocycles. The van der Waals surface area contributed by atoms with Crippen LogP contribution in [0, 0.1) is 6.92 Å². The maximum atomic E-state index is 6.34. The van der Waals surface area contributed by atoms with Crippen molar-refractivity contribution < 1.29 is 0 Å². The topological polar surface area (TPSA) is 33.1 Å². The molecular weight excluding hydrogens is 320 g/mol. The quantitative estimate of drug-likeness (QED) is 0.913. The lowest BCUT2D eigenvalue weighted by atomic mass is 9.92. The maximum absolute atomic E-state index is 6.34. The third kappa shape index (κ3) is 2.62. The molecule has 24 heavy (non-hydrogen) atoms. The number of piperidine rings is 1. The van der Waals surface area contributed by atoms with E-state index in [1.54, 1.807) is 0 Å². The van der Waals surface area contributed by atoms with E-state index >= 15 is 0 Å². The lowest BCUT2D eigenvalue weighted by molar-refractivity contribution is 0.215. The number of hydrogen-bond donors (Lipinski definition) is 1. The molecular formula is C19H25ClN4. The Morgan fingerprint density at radius 3 is 3.08 bits per heavy atom. The van der Waals surface area contributed by atoms with Crippen molar-refractivity contribution in [1.29, 1.82) is 0 Å². The molecule has 2 aliphatic rings. The largest absolute Gasteiger partial charge is 0.369 e. The first-order valence-electron chi connectivity index (χ1n) is 9.02. The monoisotopic (exact) mass is 344 g/mol. The zero-order valence-corrected chi connectivity index (χ0v) is 15.2. The average molecular weight is 345 g/mol. The molecule has 128 valence electrons. The van der Waals surface area contributed by atoms with E-state index in [1.165, 1.54) is 36.5 Å². The van der Waals surface area contributed by atoms with Crippen LogP contribution in [0.3, 0.4) is 0 Å². The molecule has 1 aromatic carbocycles. The Labute approximate surface area is 148 Å². The molecule has 0 amide bonds. The summed E-state index contributed by atoms with van der Waals surface area (Å²) in [5.41, 5.74) is 4.89. The Bertz CT molecular complexity index is 752. The molecule has 2 aliphatic heterocycles. The van der Waals surface area contributed by atoms with Crippen LogP contribution >= 0.6 is 11.6 Å². The highest BCUT2D eigenvalue weighted by Crippen LogP contribution is 2.37. The second kappa shape index (κ2) is 6.41.